The predicted octanol–water partition coefficient (Wildman–Crippen LogP) is 2.74. The second-order valence-corrected chi connectivity index (χ2v) is 4.80. The highest BCUT2D eigenvalue weighted by atomic mass is 16.6. The summed E-state index contributed by atoms with van der Waals surface area (Å²) < 4.78 is 5.22. The van der Waals surface area contributed by atoms with Gasteiger partial charge >= 0.3 is 11.9 Å². The molecule has 1 aromatic rings. The van der Waals surface area contributed by atoms with Crippen molar-refractivity contribution in [1.82, 2.24) is 0 Å². The minimum Gasteiger partial charge on any atom is -0.478 e. The fraction of sp³-hybridized carbons (Fsp3) is 0.286. The molecule has 1 aromatic carbocycles. The molecule has 0 atom stereocenters. The van der Waals surface area contributed by atoms with Crippen LogP contribution in [0.5, 0.6) is 0 Å². The summed E-state index contributed by atoms with van der Waals surface area (Å²) in [6.45, 7) is 5.37. The SMILES string of the molecule is CC(C)(C)OC(=O)c1cccc(C=CC(=O)O)c1. The number of carbonyl (C=O) groups is 2. The topological polar surface area (TPSA) is 63.6 Å². The summed E-state index contributed by atoms with van der Waals surface area (Å²) in [5.74, 6) is -1.45. The zero-order chi connectivity index (χ0) is 13.8. The van der Waals surface area contributed by atoms with E-state index >= 15 is 0 Å². The third-order valence-electron chi connectivity index (χ3n) is 1.94. The van der Waals surface area contributed by atoms with E-state index in [1.807, 2.05) is 0 Å². The number of carbonyl (C=O) groups excluding carboxylic acids is 1. The Morgan fingerprint density at radius 3 is 2.50 bits per heavy atom. The Labute approximate surface area is 106 Å². The number of rotatable bonds is 3. The number of ether oxygens (including phenoxy) is 1. The molecule has 4 heteroatoms. The largest absolute Gasteiger partial charge is 0.478 e. The Hall–Kier alpha value is -2.10. The number of esters is 1. The summed E-state index contributed by atoms with van der Waals surface area (Å²) in [6, 6.07) is 6.62. The number of carboxylic acids is 1. The monoisotopic (exact) mass is 248 g/mol. The Morgan fingerprint density at radius 1 is 1.28 bits per heavy atom. The molecule has 18 heavy (non-hydrogen) atoms. The molecule has 4 nitrogen and oxygen atoms in total. The van der Waals surface area contributed by atoms with Gasteiger partial charge in [-0.2, -0.15) is 0 Å². The van der Waals surface area contributed by atoms with Crippen LogP contribution in [0.3, 0.4) is 0 Å². The van der Waals surface area contributed by atoms with E-state index in [1.54, 1.807) is 45.0 Å². The first kappa shape index (κ1) is 14.0. The quantitative estimate of drug-likeness (QED) is 0.660. The second kappa shape index (κ2) is 5.49. The molecular formula is C14H16O4. The van der Waals surface area contributed by atoms with Crippen molar-refractivity contribution in [1.29, 1.82) is 0 Å². The fourth-order valence-electron chi connectivity index (χ4n) is 1.27. The van der Waals surface area contributed by atoms with Crippen LogP contribution >= 0.6 is 0 Å². The molecule has 0 fully saturated rings. The summed E-state index contributed by atoms with van der Waals surface area (Å²) >= 11 is 0. The van der Waals surface area contributed by atoms with Crippen molar-refractivity contribution in [3.05, 3.63) is 41.5 Å². The summed E-state index contributed by atoms with van der Waals surface area (Å²) in [5.41, 5.74) is 0.488. The molecule has 0 spiro atoms. The number of hydrogen-bond donors (Lipinski definition) is 1. The lowest BCUT2D eigenvalue weighted by atomic mass is 10.1. The van der Waals surface area contributed by atoms with Gasteiger partial charge in [0.25, 0.3) is 0 Å². The molecule has 1 N–H and O–H groups in total. The molecule has 0 aliphatic heterocycles. The van der Waals surface area contributed by atoms with E-state index in [9.17, 15) is 9.59 Å². The summed E-state index contributed by atoms with van der Waals surface area (Å²) in [7, 11) is 0. The molecule has 0 aliphatic carbocycles. The zero-order valence-electron chi connectivity index (χ0n) is 10.6. The average Bonchev–Trinajstić information content (AvgIpc) is 2.24. The predicted molar refractivity (Wildman–Crippen MR) is 68.3 cm³/mol. The van der Waals surface area contributed by atoms with Gasteiger partial charge in [-0.25, -0.2) is 9.59 Å². The molecule has 0 unspecified atom stereocenters. The van der Waals surface area contributed by atoms with E-state index in [0.717, 1.165) is 6.08 Å². The van der Waals surface area contributed by atoms with E-state index < -0.39 is 17.5 Å². The van der Waals surface area contributed by atoms with Gasteiger partial charge in [-0.3, -0.25) is 0 Å². The van der Waals surface area contributed by atoms with Crippen molar-refractivity contribution >= 4 is 18.0 Å². The van der Waals surface area contributed by atoms with Crippen molar-refractivity contribution in [2.75, 3.05) is 0 Å². The number of aliphatic carboxylic acids is 1. The van der Waals surface area contributed by atoms with Crippen LogP contribution in [0, 0.1) is 0 Å². The Balaban J connectivity index is 2.88. The number of carboxylic acid groups (broad SMARTS) is 1. The van der Waals surface area contributed by atoms with Crippen molar-refractivity contribution < 1.29 is 19.4 Å². The van der Waals surface area contributed by atoms with E-state index in [2.05, 4.69) is 0 Å². The normalized spacial score (nSPS) is 11.5. The highest BCUT2D eigenvalue weighted by Gasteiger charge is 2.17. The zero-order valence-corrected chi connectivity index (χ0v) is 10.6. The fourth-order valence-corrected chi connectivity index (χ4v) is 1.27. The molecule has 0 aromatic heterocycles. The molecule has 0 heterocycles. The number of hydrogen-bond acceptors (Lipinski definition) is 3. The average molecular weight is 248 g/mol. The van der Waals surface area contributed by atoms with Crippen LogP contribution in [-0.2, 0) is 9.53 Å². The van der Waals surface area contributed by atoms with Crippen molar-refractivity contribution in [3.63, 3.8) is 0 Å². The van der Waals surface area contributed by atoms with Crippen LogP contribution in [0.2, 0.25) is 0 Å². The van der Waals surface area contributed by atoms with E-state index in [0.29, 0.717) is 11.1 Å². The lowest BCUT2D eigenvalue weighted by Crippen LogP contribution is -2.23. The van der Waals surface area contributed by atoms with Gasteiger partial charge in [0.15, 0.2) is 0 Å². The molecule has 0 saturated carbocycles. The third-order valence-corrected chi connectivity index (χ3v) is 1.94. The van der Waals surface area contributed by atoms with Gasteiger partial charge in [0.05, 0.1) is 5.56 Å². The maximum Gasteiger partial charge on any atom is 0.338 e. The molecule has 0 bridgehead atoms. The van der Waals surface area contributed by atoms with Crippen LogP contribution in [0.15, 0.2) is 30.3 Å². The van der Waals surface area contributed by atoms with Gasteiger partial charge < -0.3 is 9.84 Å². The molecule has 0 saturated heterocycles. The van der Waals surface area contributed by atoms with Gasteiger partial charge in [0.1, 0.15) is 5.60 Å². The van der Waals surface area contributed by atoms with Crippen LogP contribution in [-0.4, -0.2) is 22.6 Å². The molecule has 96 valence electrons. The first-order chi connectivity index (χ1) is 8.28. The lowest BCUT2D eigenvalue weighted by molar-refractivity contribution is -0.131. The lowest BCUT2D eigenvalue weighted by Gasteiger charge is -2.19. The van der Waals surface area contributed by atoms with Crippen molar-refractivity contribution in [3.8, 4) is 0 Å². The maximum atomic E-state index is 11.8. The summed E-state index contributed by atoms with van der Waals surface area (Å²) in [4.78, 5) is 22.2. The van der Waals surface area contributed by atoms with E-state index in [1.165, 1.54) is 6.08 Å². The van der Waals surface area contributed by atoms with Gasteiger partial charge in [0.2, 0.25) is 0 Å². The first-order valence-electron chi connectivity index (χ1n) is 5.52. The van der Waals surface area contributed by atoms with Gasteiger partial charge in [-0.05, 0) is 44.5 Å². The Morgan fingerprint density at radius 2 is 1.94 bits per heavy atom. The second-order valence-electron chi connectivity index (χ2n) is 4.80. The molecule has 0 aliphatic rings. The van der Waals surface area contributed by atoms with Crippen LogP contribution in [0.1, 0.15) is 36.7 Å². The Kier molecular flexibility index (Phi) is 4.26. The highest BCUT2D eigenvalue weighted by molar-refractivity contribution is 5.91. The van der Waals surface area contributed by atoms with Gasteiger partial charge in [0, 0.05) is 6.08 Å². The van der Waals surface area contributed by atoms with Gasteiger partial charge in [-0.1, -0.05) is 12.1 Å². The van der Waals surface area contributed by atoms with E-state index in [-0.39, 0.29) is 0 Å². The van der Waals surface area contributed by atoms with Crippen molar-refractivity contribution in [2.24, 2.45) is 0 Å². The van der Waals surface area contributed by atoms with Crippen LogP contribution in [0.4, 0.5) is 0 Å². The minimum atomic E-state index is -1.03. The summed E-state index contributed by atoms with van der Waals surface area (Å²) in [5, 5.41) is 8.53. The maximum absolute atomic E-state index is 11.8. The van der Waals surface area contributed by atoms with Gasteiger partial charge in [-0.15, -0.1) is 0 Å². The van der Waals surface area contributed by atoms with Crippen LogP contribution in [0.25, 0.3) is 6.08 Å². The molecular weight excluding hydrogens is 232 g/mol. The molecule has 1 rings (SSSR count). The van der Waals surface area contributed by atoms with Crippen molar-refractivity contribution in [2.45, 2.75) is 26.4 Å². The Bertz CT molecular complexity index is 481. The minimum absolute atomic E-state index is 0.400. The number of benzene rings is 1. The standard InChI is InChI=1S/C14H16O4/c1-14(2,3)18-13(17)11-6-4-5-10(9-11)7-8-12(15)16/h4-9H,1-3H3,(H,15,16). The van der Waals surface area contributed by atoms with E-state index in [4.69, 9.17) is 9.84 Å². The van der Waals surface area contributed by atoms with Crippen LogP contribution < -0.4 is 0 Å². The third kappa shape index (κ3) is 4.82. The summed E-state index contributed by atoms with van der Waals surface area (Å²) in [6.07, 6.45) is 2.45. The smallest absolute Gasteiger partial charge is 0.338 e. The first-order valence-corrected chi connectivity index (χ1v) is 5.52. The molecule has 0 amide bonds. The highest BCUT2D eigenvalue weighted by Crippen LogP contribution is 2.14. The molecule has 0 radical (unpaired) electrons.